The number of amides is 1. The summed E-state index contributed by atoms with van der Waals surface area (Å²) in [4.78, 5) is 41.9. The van der Waals surface area contributed by atoms with E-state index in [1.165, 1.54) is 28.8 Å². The lowest BCUT2D eigenvalue weighted by molar-refractivity contribution is -0.0566. The number of aromatic hydroxyl groups is 1. The number of carbonyl (C=O) groups is 1. The summed E-state index contributed by atoms with van der Waals surface area (Å²) in [7, 11) is 0. The van der Waals surface area contributed by atoms with E-state index in [-0.39, 0.29) is 54.9 Å². The molecule has 14 nitrogen and oxygen atoms in total. The van der Waals surface area contributed by atoms with Crippen LogP contribution in [0.15, 0.2) is 47.5 Å². The van der Waals surface area contributed by atoms with Gasteiger partial charge in [-0.15, -0.1) is 0 Å². The van der Waals surface area contributed by atoms with Crippen molar-refractivity contribution in [1.82, 2.24) is 34.4 Å². The number of hydrogen-bond donors (Lipinski definition) is 5. The van der Waals surface area contributed by atoms with Gasteiger partial charge in [-0.05, 0) is 50.8 Å². The Kier molecular flexibility index (Phi) is 8.44. The van der Waals surface area contributed by atoms with Crippen molar-refractivity contribution < 1.29 is 24.1 Å². The zero-order valence-corrected chi connectivity index (χ0v) is 25.5. The molecule has 0 radical (unpaired) electrons. The average Bonchev–Trinajstić information content (AvgIpc) is 3.54. The summed E-state index contributed by atoms with van der Waals surface area (Å²) in [6, 6.07) is 6.27. The van der Waals surface area contributed by atoms with Crippen LogP contribution in [0, 0.1) is 11.7 Å². The van der Waals surface area contributed by atoms with Crippen LogP contribution >= 0.6 is 0 Å². The van der Waals surface area contributed by atoms with Crippen LogP contribution < -0.4 is 21.9 Å². The van der Waals surface area contributed by atoms with Crippen LogP contribution in [0.4, 0.5) is 16.2 Å². The largest absolute Gasteiger partial charge is 0.501 e. The second-order valence-corrected chi connectivity index (χ2v) is 12.1. The van der Waals surface area contributed by atoms with E-state index in [1.807, 2.05) is 10.6 Å². The van der Waals surface area contributed by atoms with E-state index < -0.39 is 22.8 Å². The number of aromatic nitrogens is 6. The molecule has 46 heavy (non-hydrogen) atoms. The number of nitrogens with zero attached hydrogens (tertiary/aromatic N) is 6. The van der Waals surface area contributed by atoms with Gasteiger partial charge in [0.05, 0.1) is 25.5 Å². The van der Waals surface area contributed by atoms with E-state index in [0.29, 0.717) is 18.2 Å². The highest BCUT2D eigenvalue weighted by Crippen LogP contribution is 2.33. The van der Waals surface area contributed by atoms with Crippen molar-refractivity contribution in [3.05, 3.63) is 76.0 Å². The standard InChI is InChI=1S/C17H18FN3O4.C14H18N6O/c1-17(2)16-20-12(13(22)15(24)21(16)7-8-25-17)14(23)19-9-10-3-5-11(18)6-4-10;15-14-18-12(17-9-2-3-9)11-13(19-14)20(7-16-11)10-4-1-8(5-10)6-21/h3-6,22H,7-9H2,1-2H3,(H,19,23);1,4,7-10,21H,2-3,5-6H2,(H3,15,17,18,19)/t;8-,10+/m.1/s1. The summed E-state index contributed by atoms with van der Waals surface area (Å²) in [5.74, 6) is -0.294. The number of nitrogens with two attached hydrogens (primary N) is 1. The van der Waals surface area contributed by atoms with E-state index in [4.69, 9.17) is 10.5 Å². The maximum absolute atomic E-state index is 12.9. The number of halogens is 1. The van der Waals surface area contributed by atoms with E-state index in [2.05, 4.69) is 36.6 Å². The Morgan fingerprint density at radius 1 is 1.17 bits per heavy atom. The molecule has 1 aromatic carbocycles. The summed E-state index contributed by atoms with van der Waals surface area (Å²) in [5.41, 5.74) is 6.15. The van der Waals surface area contributed by atoms with Crippen LogP contribution in [0.2, 0.25) is 0 Å². The molecule has 6 N–H and O–H groups in total. The molecule has 0 bridgehead atoms. The first-order valence-electron chi connectivity index (χ1n) is 15.1. The highest BCUT2D eigenvalue weighted by molar-refractivity contribution is 5.94. The first-order chi connectivity index (χ1) is 22.0. The predicted molar refractivity (Wildman–Crippen MR) is 166 cm³/mol. The number of aliphatic hydroxyl groups is 1. The minimum Gasteiger partial charge on any atom is -0.501 e. The number of ether oxygens (including phenoxy) is 1. The Morgan fingerprint density at radius 2 is 1.93 bits per heavy atom. The fraction of sp³-hybridized carbons (Fsp3) is 0.419. The fourth-order valence-electron chi connectivity index (χ4n) is 5.49. The summed E-state index contributed by atoms with van der Waals surface area (Å²) in [5, 5.41) is 25.3. The summed E-state index contributed by atoms with van der Waals surface area (Å²) in [6.07, 6.45) is 9.10. The summed E-state index contributed by atoms with van der Waals surface area (Å²) in [6.45, 7) is 4.33. The molecule has 0 unspecified atom stereocenters. The van der Waals surface area contributed by atoms with Crippen LogP contribution in [0.1, 0.15) is 61.0 Å². The Hall–Kier alpha value is -4.89. The van der Waals surface area contributed by atoms with Crippen molar-refractivity contribution in [2.45, 2.75) is 63.9 Å². The Morgan fingerprint density at radius 3 is 2.63 bits per heavy atom. The van der Waals surface area contributed by atoms with Crippen molar-refractivity contribution in [3.63, 3.8) is 0 Å². The number of nitrogens with one attached hydrogen (secondary N) is 2. The van der Waals surface area contributed by atoms with Gasteiger partial charge in [0.2, 0.25) is 11.7 Å². The third kappa shape index (κ3) is 6.41. The summed E-state index contributed by atoms with van der Waals surface area (Å²) >= 11 is 0. The zero-order valence-electron chi connectivity index (χ0n) is 25.5. The van der Waals surface area contributed by atoms with E-state index in [9.17, 15) is 24.2 Å². The number of nitrogen functional groups attached to an aromatic ring is 1. The lowest BCUT2D eigenvalue weighted by Gasteiger charge is -2.32. The zero-order chi connectivity index (χ0) is 32.6. The third-order valence-electron chi connectivity index (χ3n) is 8.14. The van der Waals surface area contributed by atoms with Gasteiger partial charge in [-0.3, -0.25) is 14.2 Å². The number of hydrogen-bond acceptors (Lipinski definition) is 11. The second kappa shape index (κ2) is 12.5. The molecule has 1 amide bonds. The highest BCUT2D eigenvalue weighted by atomic mass is 19.1. The maximum atomic E-state index is 12.9. The molecule has 7 rings (SSSR count). The second-order valence-electron chi connectivity index (χ2n) is 12.1. The van der Waals surface area contributed by atoms with Gasteiger partial charge in [0.25, 0.3) is 11.5 Å². The van der Waals surface area contributed by atoms with Gasteiger partial charge in [-0.25, -0.2) is 14.4 Å². The van der Waals surface area contributed by atoms with E-state index in [1.54, 1.807) is 20.2 Å². The van der Waals surface area contributed by atoms with Gasteiger partial charge in [0, 0.05) is 25.1 Å². The van der Waals surface area contributed by atoms with Gasteiger partial charge in [-0.1, -0.05) is 24.3 Å². The number of aliphatic hydroxyl groups excluding tert-OH is 1. The van der Waals surface area contributed by atoms with Crippen molar-refractivity contribution in [2.75, 3.05) is 24.3 Å². The monoisotopic (exact) mass is 633 g/mol. The predicted octanol–water partition coefficient (Wildman–Crippen LogP) is 2.38. The lowest BCUT2D eigenvalue weighted by Crippen LogP contribution is -2.42. The average molecular weight is 634 g/mol. The van der Waals surface area contributed by atoms with Crippen LogP contribution in [0.3, 0.4) is 0 Å². The molecular formula is C31H36FN9O5. The molecule has 0 spiro atoms. The molecule has 1 fully saturated rings. The molecule has 1 saturated carbocycles. The normalized spacial score (nSPS) is 19.7. The molecule has 4 heterocycles. The van der Waals surface area contributed by atoms with Gasteiger partial charge >= 0.3 is 0 Å². The van der Waals surface area contributed by atoms with Gasteiger partial charge in [0.1, 0.15) is 17.2 Å². The quantitative estimate of drug-likeness (QED) is 0.188. The minimum absolute atomic E-state index is 0.110. The van der Waals surface area contributed by atoms with E-state index in [0.717, 1.165) is 36.2 Å². The molecule has 242 valence electrons. The number of carbonyl (C=O) groups excluding carboxylic acids is 1. The number of benzene rings is 1. The smallest absolute Gasteiger partial charge is 0.296 e. The van der Waals surface area contributed by atoms with Crippen molar-refractivity contribution in [3.8, 4) is 5.75 Å². The number of allylic oxidation sites excluding steroid dienone is 1. The van der Waals surface area contributed by atoms with E-state index >= 15 is 0 Å². The molecule has 2 atom stereocenters. The first kappa shape index (κ1) is 31.1. The number of imidazole rings is 1. The number of rotatable bonds is 7. The molecule has 0 saturated heterocycles. The first-order valence-corrected chi connectivity index (χ1v) is 15.1. The molecule has 3 aromatic heterocycles. The molecule has 2 aliphatic carbocycles. The SMILES string of the molecule is CC1(C)OCCn2c1nc(C(=O)NCc1ccc(F)cc1)c(O)c2=O.Nc1nc(NC2CC2)c2ncn([C@H]3C=C[C@@H](CO)C3)c2n1. The van der Waals surface area contributed by atoms with Crippen LogP contribution in [0.25, 0.3) is 11.2 Å². The van der Waals surface area contributed by atoms with Crippen LogP contribution in [-0.2, 0) is 23.4 Å². The Labute approximate surface area is 263 Å². The van der Waals surface area contributed by atoms with Crippen LogP contribution in [-0.4, -0.2) is 64.4 Å². The Bertz CT molecular complexity index is 1850. The van der Waals surface area contributed by atoms with Gasteiger partial charge in [0.15, 0.2) is 22.7 Å². The molecule has 3 aliphatic rings. The fourth-order valence-corrected chi connectivity index (χ4v) is 5.49. The highest BCUT2D eigenvalue weighted by Gasteiger charge is 2.34. The van der Waals surface area contributed by atoms with Gasteiger partial charge < -0.3 is 35.9 Å². The molecule has 1 aliphatic heterocycles. The number of fused-ring (bicyclic) bond motifs is 2. The van der Waals surface area contributed by atoms with Crippen molar-refractivity contribution in [1.29, 1.82) is 0 Å². The number of anilines is 2. The van der Waals surface area contributed by atoms with Crippen LogP contribution in [0.5, 0.6) is 5.75 Å². The minimum atomic E-state index is -0.850. The summed E-state index contributed by atoms with van der Waals surface area (Å²) < 4.78 is 21.8. The lowest BCUT2D eigenvalue weighted by atomic mass is 10.1. The van der Waals surface area contributed by atoms with Crippen molar-refractivity contribution in [2.24, 2.45) is 5.92 Å². The van der Waals surface area contributed by atoms with Crippen molar-refractivity contribution >= 4 is 28.8 Å². The third-order valence-corrected chi connectivity index (χ3v) is 8.14. The molecule has 15 heteroatoms. The molecular weight excluding hydrogens is 597 g/mol. The Balaban J connectivity index is 0.000000164. The topological polar surface area (TPSA) is 195 Å². The molecule has 4 aromatic rings. The maximum Gasteiger partial charge on any atom is 0.296 e. The van der Waals surface area contributed by atoms with Gasteiger partial charge in [-0.2, -0.15) is 9.97 Å².